The van der Waals surface area contributed by atoms with Crippen LogP contribution in [0.2, 0.25) is 0 Å². The van der Waals surface area contributed by atoms with Crippen LogP contribution in [0.15, 0.2) is 12.4 Å². The van der Waals surface area contributed by atoms with Gasteiger partial charge in [0.05, 0.1) is 19.5 Å². The Morgan fingerprint density at radius 3 is 2.94 bits per heavy atom. The Morgan fingerprint density at radius 1 is 1.59 bits per heavy atom. The number of anilines is 1. The molecule has 0 atom stereocenters. The van der Waals surface area contributed by atoms with Crippen molar-refractivity contribution in [3.8, 4) is 0 Å². The molecule has 0 amide bonds. The zero-order valence-corrected chi connectivity index (χ0v) is 9.77. The van der Waals surface area contributed by atoms with Crippen molar-refractivity contribution in [2.24, 2.45) is 5.73 Å². The van der Waals surface area contributed by atoms with E-state index >= 15 is 0 Å². The highest BCUT2D eigenvalue weighted by atomic mass is 16.5. The van der Waals surface area contributed by atoms with Gasteiger partial charge in [0.1, 0.15) is 5.82 Å². The lowest BCUT2D eigenvalue weighted by atomic mass is 9.78. The summed E-state index contributed by atoms with van der Waals surface area (Å²) >= 11 is 0. The summed E-state index contributed by atoms with van der Waals surface area (Å²) in [6, 6.07) is 0. The first-order valence-corrected chi connectivity index (χ1v) is 5.56. The standard InChI is InChI=1S/C11H16N4O2/c1-17-10(16)8-5-13-6-9(15-8)14-7-11(12)3-2-4-11/h5-6H,2-4,7,12H2,1H3,(H,14,15). The number of carbonyl (C=O) groups excluding carboxylic acids is 1. The lowest BCUT2D eigenvalue weighted by Crippen LogP contribution is -2.52. The smallest absolute Gasteiger partial charge is 0.358 e. The number of methoxy groups -OCH3 is 1. The maximum absolute atomic E-state index is 11.3. The number of hydrogen-bond acceptors (Lipinski definition) is 6. The zero-order chi connectivity index (χ0) is 12.3. The van der Waals surface area contributed by atoms with Crippen LogP contribution in [-0.2, 0) is 4.74 Å². The maximum atomic E-state index is 11.3. The molecule has 1 aromatic heterocycles. The molecule has 0 radical (unpaired) electrons. The Kier molecular flexibility index (Phi) is 3.23. The van der Waals surface area contributed by atoms with Crippen LogP contribution in [0.5, 0.6) is 0 Å². The Morgan fingerprint density at radius 2 is 2.35 bits per heavy atom. The van der Waals surface area contributed by atoms with E-state index in [2.05, 4.69) is 20.0 Å². The third-order valence-corrected chi connectivity index (χ3v) is 3.00. The summed E-state index contributed by atoms with van der Waals surface area (Å²) in [6.45, 7) is 0.645. The molecule has 0 aliphatic heterocycles. The largest absolute Gasteiger partial charge is 0.464 e. The van der Waals surface area contributed by atoms with Crippen LogP contribution in [0.25, 0.3) is 0 Å². The third-order valence-electron chi connectivity index (χ3n) is 3.00. The quantitative estimate of drug-likeness (QED) is 0.742. The van der Waals surface area contributed by atoms with Gasteiger partial charge in [0.25, 0.3) is 0 Å². The van der Waals surface area contributed by atoms with Gasteiger partial charge in [-0.3, -0.25) is 4.98 Å². The molecule has 1 fully saturated rings. The first-order chi connectivity index (χ1) is 8.13. The van der Waals surface area contributed by atoms with Gasteiger partial charge in [-0.15, -0.1) is 0 Å². The van der Waals surface area contributed by atoms with Crippen molar-refractivity contribution >= 4 is 11.8 Å². The molecular formula is C11H16N4O2. The molecule has 1 aliphatic rings. The zero-order valence-electron chi connectivity index (χ0n) is 9.77. The first kappa shape index (κ1) is 11.8. The molecule has 1 aliphatic carbocycles. The monoisotopic (exact) mass is 236 g/mol. The highest BCUT2D eigenvalue weighted by molar-refractivity contribution is 5.87. The van der Waals surface area contributed by atoms with Gasteiger partial charge in [0, 0.05) is 12.1 Å². The topological polar surface area (TPSA) is 90.1 Å². The van der Waals surface area contributed by atoms with Gasteiger partial charge in [0.2, 0.25) is 0 Å². The van der Waals surface area contributed by atoms with Crippen molar-refractivity contribution in [1.82, 2.24) is 9.97 Å². The third kappa shape index (κ3) is 2.71. The molecule has 92 valence electrons. The number of rotatable bonds is 4. The van der Waals surface area contributed by atoms with Gasteiger partial charge >= 0.3 is 5.97 Å². The normalized spacial score (nSPS) is 17.1. The molecule has 1 heterocycles. The molecule has 0 bridgehead atoms. The molecule has 2 rings (SSSR count). The van der Waals surface area contributed by atoms with E-state index in [-0.39, 0.29) is 11.2 Å². The number of nitrogens with one attached hydrogen (secondary N) is 1. The van der Waals surface area contributed by atoms with Crippen molar-refractivity contribution < 1.29 is 9.53 Å². The summed E-state index contributed by atoms with van der Waals surface area (Å²) in [5, 5.41) is 3.10. The Hall–Kier alpha value is -1.69. The second kappa shape index (κ2) is 4.67. The molecular weight excluding hydrogens is 220 g/mol. The van der Waals surface area contributed by atoms with E-state index in [9.17, 15) is 4.79 Å². The Balaban J connectivity index is 1.98. The van der Waals surface area contributed by atoms with Gasteiger partial charge in [0.15, 0.2) is 5.69 Å². The second-order valence-corrected chi connectivity index (χ2v) is 4.35. The van der Waals surface area contributed by atoms with Crippen LogP contribution in [-0.4, -0.2) is 35.1 Å². The molecule has 1 aromatic rings. The number of nitrogens with zero attached hydrogens (tertiary/aromatic N) is 2. The predicted octanol–water partition coefficient (Wildman–Crippen LogP) is 0.556. The summed E-state index contributed by atoms with van der Waals surface area (Å²) in [5.41, 5.74) is 6.13. The van der Waals surface area contributed by atoms with Gasteiger partial charge in [-0.05, 0) is 19.3 Å². The fourth-order valence-electron chi connectivity index (χ4n) is 1.73. The Bertz CT molecular complexity index is 418. The molecule has 17 heavy (non-hydrogen) atoms. The number of carbonyl (C=O) groups is 1. The van der Waals surface area contributed by atoms with Crippen LogP contribution in [0.3, 0.4) is 0 Å². The summed E-state index contributed by atoms with van der Waals surface area (Å²) in [5.74, 6) is 0.0527. The van der Waals surface area contributed by atoms with Gasteiger partial charge in [-0.25, -0.2) is 9.78 Å². The van der Waals surface area contributed by atoms with Crippen molar-refractivity contribution in [3.05, 3.63) is 18.1 Å². The van der Waals surface area contributed by atoms with Gasteiger partial charge < -0.3 is 15.8 Å². The molecule has 0 aromatic carbocycles. The number of ether oxygens (including phenoxy) is 1. The first-order valence-electron chi connectivity index (χ1n) is 5.56. The molecule has 6 heteroatoms. The SMILES string of the molecule is COC(=O)c1cncc(NCC2(N)CCC2)n1. The second-order valence-electron chi connectivity index (χ2n) is 4.35. The van der Waals surface area contributed by atoms with E-state index in [1.807, 2.05) is 0 Å². The van der Waals surface area contributed by atoms with Gasteiger partial charge in [-0.2, -0.15) is 0 Å². The number of hydrogen-bond donors (Lipinski definition) is 2. The van der Waals surface area contributed by atoms with E-state index in [0.29, 0.717) is 12.4 Å². The fourth-order valence-corrected chi connectivity index (χ4v) is 1.73. The minimum atomic E-state index is -0.493. The number of nitrogens with two attached hydrogens (primary N) is 1. The van der Waals surface area contributed by atoms with Crippen molar-refractivity contribution in [3.63, 3.8) is 0 Å². The van der Waals surface area contributed by atoms with Gasteiger partial charge in [-0.1, -0.05) is 0 Å². The fraction of sp³-hybridized carbons (Fsp3) is 0.545. The average Bonchev–Trinajstić information content (AvgIpc) is 2.33. The van der Waals surface area contributed by atoms with E-state index in [0.717, 1.165) is 12.8 Å². The molecule has 6 nitrogen and oxygen atoms in total. The predicted molar refractivity (Wildman–Crippen MR) is 62.6 cm³/mol. The van der Waals surface area contributed by atoms with E-state index < -0.39 is 5.97 Å². The van der Waals surface area contributed by atoms with E-state index in [1.165, 1.54) is 19.7 Å². The number of esters is 1. The minimum absolute atomic E-state index is 0.136. The summed E-state index contributed by atoms with van der Waals surface area (Å²) in [7, 11) is 1.31. The van der Waals surface area contributed by atoms with Crippen LogP contribution < -0.4 is 11.1 Å². The highest BCUT2D eigenvalue weighted by Gasteiger charge is 2.32. The molecule has 0 saturated heterocycles. The average molecular weight is 236 g/mol. The maximum Gasteiger partial charge on any atom is 0.358 e. The molecule has 1 saturated carbocycles. The molecule has 0 unspecified atom stereocenters. The van der Waals surface area contributed by atoms with E-state index in [1.54, 1.807) is 6.20 Å². The van der Waals surface area contributed by atoms with Crippen LogP contribution in [0, 0.1) is 0 Å². The number of aromatic nitrogens is 2. The van der Waals surface area contributed by atoms with Crippen LogP contribution >= 0.6 is 0 Å². The summed E-state index contributed by atoms with van der Waals surface area (Å²) in [6.07, 6.45) is 6.15. The van der Waals surface area contributed by atoms with Crippen LogP contribution in [0.1, 0.15) is 29.8 Å². The van der Waals surface area contributed by atoms with Crippen LogP contribution in [0.4, 0.5) is 5.82 Å². The van der Waals surface area contributed by atoms with Crippen molar-refractivity contribution in [2.45, 2.75) is 24.8 Å². The van der Waals surface area contributed by atoms with E-state index in [4.69, 9.17) is 5.73 Å². The molecule has 3 N–H and O–H groups in total. The van der Waals surface area contributed by atoms with Crippen molar-refractivity contribution in [2.75, 3.05) is 19.0 Å². The summed E-state index contributed by atoms with van der Waals surface area (Å²) in [4.78, 5) is 19.3. The lowest BCUT2D eigenvalue weighted by molar-refractivity contribution is 0.0593. The Labute approximate surface area is 99.6 Å². The highest BCUT2D eigenvalue weighted by Crippen LogP contribution is 2.28. The molecule has 0 spiro atoms. The van der Waals surface area contributed by atoms with Crippen molar-refractivity contribution in [1.29, 1.82) is 0 Å². The minimum Gasteiger partial charge on any atom is -0.464 e. The lowest BCUT2D eigenvalue weighted by Gasteiger charge is -2.38. The summed E-state index contributed by atoms with van der Waals surface area (Å²) < 4.78 is 4.58.